The van der Waals surface area contributed by atoms with Gasteiger partial charge in [-0.15, -0.1) is 0 Å². The fraction of sp³-hybridized carbons (Fsp3) is 0.467. The molecule has 1 amide bonds. The topological polar surface area (TPSA) is 72.9 Å². The number of nitrogens with one attached hydrogen (secondary N) is 1. The van der Waals surface area contributed by atoms with Gasteiger partial charge in [-0.2, -0.15) is 0 Å². The number of hydrogen-bond donors (Lipinski definition) is 2. The highest BCUT2D eigenvalue weighted by Gasteiger charge is 2.19. The lowest BCUT2D eigenvalue weighted by Crippen LogP contribution is -2.46. The summed E-state index contributed by atoms with van der Waals surface area (Å²) in [6.07, 6.45) is 0. The first-order chi connectivity index (χ1) is 9.95. The van der Waals surface area contributed by atoms with Crippen LogP contribution in [0.25, 0.3) is 0 Å². The molecule has 1 fully saturated rings. The summed E-state index contributed by atoms with van der Waals surface area (Å²) >= 11 is 0. The van der Waals surface area contributed by atoms with Crippen molar-refractivity contribution in [2.45, 2.75) is 6.92 Å². The van der Waals surface area contributed by atoms with E-state index in [0.29, 0.717) is 5.69 Å². The van der Waals surface area contributed by atoms with Gasteiger partial charge in [0.2, 0.25) is 5.91 Å². The zero-order valence-electron chi connectivity index (χ0n) is 12.4. The van der Waals surface area contributed by atoms with Crippen molar-refractivity contribution in [2.24, 2.45) is 0 Å². The lowest BCUT2D eigenvalue weighted by atomic mass is 10.1. The van der Waals surface area contributed by atoms with Crippen molar-refractivity contribution in [3.63, 3.8) is 0 Å². The van der Waals surface area contributed by atoms with Crippen molar-refractivity contribution in [1.29, 1.82) is 0 Å². The highest BCUT2D eigenvalue weighted by molar-refractivity contribution is 6.01. The summed E-state index contributed by atoms with van der Waals surface area (Å²) in [5, 5.41) is 12.5. The molecule has 2 rings (SSSR count). The number of phenolic OH excluding ortho intramolecular Hbond substituents is 1. The van der Waals surface area contributed by atoms with E-state index >= 15 is 0 Å². The summed E-state index contributed by atoms with van der Waals surface area (Å²) in [6, 6.07) is 4.53. The first-order valence-electron chi connectivity index (χ1n) is 7.00. The van der Waals surface area contributed by atoms with E-state index in [-0.39, 0.29) is 29.5 Å². The van der Waals surface area contributed by atoms with Crippen molar-refractivity contribution in [3.05, 3.63) is 23.8 Å². The van der Waals surface area contributed by atoms with E-state index in [0.717, 1.165) is 26.2 Å². The van der Waals surface area contributed by atoms with E-state index in [1.54, 1.807) is 6.07 Å². The molecule has 0 aliphatic carbocycles. The highest BCUT2D eigenvalue weighted by atomic mass is 16.3. The molecule has 114 valence electrons. The fourth-order valence-corrected chi connectivity index (χ4v) is 2.33. The van der Waals surface area contributed by atoms with E-state index in [1.165, 1.54) is 19.1 Å². The van der Waals surface area contributed by atoms with Gasteiger partial charge in [-0.3, -0.25) is 14.5 Å². The Morgan fingerprint density at radius 1 is 1.24 bits per heavy atom. The number of amides is 1. The third-order valence-corrected chi connectivity index (χ3v) is 3.58. The number of hydrogen-bond acceptors (Lipinski definition) is 5. The van der Waals surface area contributed by atoms with Crippen LogP contribution in [0.5, 0.6) is 5.75 Å². The van der Waals surface area contributed by atoms with Crippen LogP contribution >= 0.6 is 0 Å². The Hall–Kier alpha value is -1.92. The third kappa shape index (κ3) is 4.27. The minimum absolute atomic E-state index is 0.0526. The first kappa shape index (κ1) is 15.5. The molecular formula is C15H21N3O3. The van der Waals surface area contributed by atoms with Crippen LogP contribution in [-0.2, 0) is 4.79 Å². The Balaban J connectivity index is 2.05. The molecular weight excluding hydrogens is 270 g/mol. The number of benzene rings is 1. The van der Waals surface area contributed by atoms with Gasteiger partial charge < -0.3 is 15.3 Å². The standard InChI is InChI=1S/C15H21N3O3/c1-11(19)16-12-3-4-14(20)13(9-12)15(21)10-18-7-5-17(2)6-8-18/h3-4,9,20H,5-8,10H2,1-2H3,(H,16,19). The Bertz CT molecular complexity index is 537. The molecule has 21 heavy (non-hydrogen) atoms. The average Bonchev–Trinajstić information content (AvgIpc) is 2.43. The van der Waals surface area contributed by atoms with Crippen LogP contribution in [0.15, 0.2) is 18.2 Å². The van der Waals surface area contributed by atoms with Crippen LogP contribution in [-0.4, -0.2) is 66.4 Å². The zero-order valence-corrected chi connectivity index (χ0v) is 12.4. The van der Waals surface area contributed by atoms with E-state index in [9.17, 15) is 14.7 Å². The molecule has 1 aliphatic rings. The maximum atomic E-state index is 12.3. The molecule has 1 aliphatic heterocycles. The van der Waals surface area contributed by atoms with Gasteiger partial charge in [0.15, 0.2) is 5.78 Å². The summed E-state index contributed by atoms with van der Waals surface area (Å²) in [5.74, 6) is -0.398. The van der Waals surface area contributed by atoms with Crippen LogP contribution in [0.2, 0.25) is 0 Å². The van der Waals surface area contributed by atoms with E-state index < -0.39 is 0 Å². The number of nitrogens with zero attached hydrogens (tertiary/aromatic N) is 2. The molecule has 1 aromatic carbocycles. The minimum atomic E-state index is -0.210. The number of piperazine rings is 1. The summed E-state index contributed by atoms with van der Waals surface area (Å²) in [5.41, 5.74) is 0.766. The Labute approximate surface area is 124 Å². The van der Waals surface area contributed by atoms with E-state index in [2.05, 4.69) is 22.2 Å². The molecule has 0 unspecified atom stereocenters. The number of aromatic hydroxyl groups is 1. The predicted octanol–water partition coefficient (Wildman–Crippen LogP) is 0.781. The number of likely N-dealkylation sites (N-methyl/N-ethyl adjacent to an activating group) is 1. The summed E-state index contributed by atoms with van der Waals surface area (Å²) in [4.78, 5) is 27.7. The lowest BCUT2D eigenvalue weighted by molar-refractivity contribution is -0.114. The average molecular weight is 291 g/mol. The summed E-state index contributed by atoms with van der Waals surface area (Å²) in [7, 11) is 2.06. The fourth-order valence-electron chi connectivity index (χ4n) is 2.33. The zero-order chi connectivity index (χ0) is 15.4. The van der Waals surface area contributed by atoms with Crippen molar-refractivity contribution in [1.82, 2.24) is 9.80 Å². The molecule has 0 atom stereocenters. The van der Waals surface area contributed by atoms with E-state index in [1.807, 2.05) is 0 Å². The predicted molar refractivity (Wildman–Crippen MR) is 80.7 cm³/mol. The molecule has 0 spiro atoms. The molecule has 0 bridgehead atoms. The van der Waals surface area contributed by atoms with Crippen molar-refractivity contribution < 1.29 is 14.7 Å². The smallest absolute Gasteiger partial charge is 0.221 e. The third-order valence-electron chi connectivity index (χ3n) is 3.58. The second-order valence-electron chi connectivity index (χ2n) is 5.42. The maximum absolute atomic E-state index is 12.3. The molecule has 1 aromatic rings. The number of carbonyl (C=O) groups is 2. The van der Waals surface area contributed by atoms with Gasteiger partial charge in [-0.1, -0.05) is 0 Å². The number of carbonyl (C=O) groups excluding carboxylic acids is 2. The summed E-state index contributed by atoms with van der Waals surface area (Å²) < 4.78 is 0. The van der Waals surface area contributed by atoms with Gasteiger partial charge in [0.1, 0.15) is 5.75 Å². The molecule has 2 N–H and O–H groups in total. The van der Waals surface area contributed by atoms with Crippen LogP contribution < -0.4 is 5.32 Å². The van der Waals surface area contributed by atoms with Crippen LogP contribution in [0.3, 0.4) is 0 Å². The Kier molecular flexibility index (Phi) is 4.93. The van der Waals surface area contributed by atoms with Gasteiger partial charge >= 0.3 is 0 Å². The van der Waals surface area contributed by atoms with Gasteiger partial charge in [0.05, 0.1) is 12.1 Å². The number of ketones is 1. The number of rotatable bonds is 4. The number of Topliss-reactive ketones (excluding diaryl/α,β-unsaturated/α-hetero) is 1. The normalized spacial score (nSPS) is 16.7. The van der Waals surface area contributed by atoms with Crippen LogP contribution in [0, 0.1) is 0 Å². The molecule has 6 heteroatoms. The second kappa shape index (κ2) is 6.69. The molecule has 0 saturated carbocycles. The molecule has 1 saturated heterocycles. The number of phenols is 1. The second-order valence-corrected chi connectivity index (χ2v) is 5.42. The first-order valence-corrected chi connectivity index (χ1v) is 7.00. The molecule has 0 aromatic heterocycles. The van der Waals surface area contributed by atoms with E-state index in [4.69, 9.17) is 0 Å². The number of anilines is 1. The van der Waals surface area contributed by atoms with Gasteiger partial charge in [0, 0.05) is 38.8 Å². The van der Waals surface area contributed by atoms with Gasteiger partial charge in [-0.25, -0.2) is 0 Å². The molecule has 6 nitrogen and oxygen atoms in total. The lowest BCUT2D eigenvalue weighted by Gasteiger charge is -2.31. The molecule has 1 heterocycles. The quantitative estimate of drug-likeness (QED) is 0.633. The highest BCUT2D eigenvalue weighted by Crippen LogP contribution is 2.22. The SMILES string of the molecule is CC(=O)Nc1ccc(O)c(C(=O)CN2CCN(C)CC2)c1. The monoisotopic (exact) mass is 291 g/mol. The Morgan fingerprint density at radius 2 is 1.90 bits per heavy atom. The Morgan fingerprint density at radius 3 is 2.52 bits per heavy atom. The molecule has 0 radical (unpaired) electrons. The minimum Gasteiger partial charge on any atom is -0.507 e. The largest absolute Gasteiger partial charge is 0.507 e. The van der Waals surface area contributed by atoms with Gasteiger partial charge in [0.25, 0.3) is 0 Å². The van der Waals surface area contributed by atoms with Crippen LogP contribution in [0.4, 0.5) is 5.69 Å². The van der Waals surface area contributed by atoms with Crippen molar-refractivity contribution in [3.8, 4) is 5.75 Å². The van der Waals surface area contributed by atoms with Crippen molar-refractivity contribution >= 4 is 17.4 Å². The van der Waals surface area contributed by atoms with Crippen molar-refractivity contribution in [2.75, 3.05) is 45.1 Å². The summed E-state index contributed by atoms with van der Waals surface area (Å²) in [6.45, 7) is 5.24. The maximum Gasteiger partial charge on any atom is 0.221 e. The van der Waals surface area contributed by atoms with Crippen LogP contribution in [0.1, 0.15) is 17.3 Å². The van der Waals surface area contributed by atoms with Gasteiger partial charge in [-0.05, 0) is 25.2 Å².